The van der Waals surface area contributed by atoms with Gasteiger partial charge in [-0.05, 0) is 37.1 Å². The summed E-state index contributed by atoms with van der Waals surface area (Å²) in [6.07, 6.45) is 2.86. The van der Waals surface area contributed by atoms with Gasteiger partial charge in [0.2, 0.25) is 0 Å². The molecule has 0 spiro atoms. The highest BCUT2D eigenvalue weighted by Crippen LogP contribution is 2.30. The van der Waals surface area contributed by atoms with E-state index in [-0.39, 0.29) is 5.69 Å². The van der Waals surface area contributed by atoms with Crippen molar-refractivity contribution in [3.8, 4) is 17.0 Å². The van der Waals surface area contributed by atoms with Crippen molar-refractivity contribution in [3.63, 3.8) is 0 Å². The molecule has 0 saturated carbocycles. The summed E-state index contributed by atoms with van der Waals surface area (Å²) in [6.45, 7) is 3.79. The normalized spacial score (nSPS) is 10.3. The lowest BCUT2D eigenvalue weighted by Gasteiger charge is -2.11. The Kier molecular flexibility index (Phi) is 3.46. The Hall–Kier alpha value is -2.43. The van der Waals surface area contributed by atoms with Gasteiger partial charge in [-0.15, -0.1) is 0 Å². The first-order valence-electron chi connectivity index (χ1n) is 5.74. The van der Waals surface area contributed by atoms with Crippen LogP contribution in [0.2, 0.25) is 0 Å². The molecule has 98 valence electrons. The van der Waals surface area contributed by atoms with Gasteiger partial charge in [-0.1, -0.05) is 0 Å². The minimum Gasteiger partial charge on any atom is -0.496 e. The molecule has 2 aromatic rings. The number of hydrogen-bond donors (Lipinski definition) is 1. The molecular weight excluding hydrogens is 244 g/mol. The smallest absolute Gasteiger partial charge is 0.356 e. The molecule has 0 unspecified atom stereocenters. The average molecular weight is 258 g/mol. The van der Waals surface area contributed by atoms with E-state index >= 15 is 0 Å². The summed E-state index contributed by atoms with van der Waals surface area (Å²) < 4.78 is 5.24. The van der Waals surface area contributed by atoms with Crippen LogP contribution in [-0.2, 0) is 0 Å². The monoisotopic (exact) mass is 258 g/mol. The summed E-state index contributed by atoms with van der Waals surface area (Å²) in [5.41, 5.74) is 2.90. The van der Waals surface area contributed by atoms with Crippen LogP contribution in [0.4, 0.5) is 0 Å². The van der Waals surface area contributed by atoms with Gasteiger partial charge in [0, 0.05) is 18.0 Å². The molecule has 0 bridgehead atoms. The van der Waals surface area contributed by atoms with Crippen molar-refractivity contribution < 1.29 is 14.6 Å². The standard InChI is InChI=1S/C14H14N2O3/c1-8-7-11(19-3)9(2)6-10(8)12-13(14(17)18)16-5-4-15-12/h4-7H,1-3H3,(H,17,18). The molecule has 2 rings (SSSR count). The van der Waals surface area contributed by atoms with E-state index in [9.17, 15) is 4.79 Å². The molecule has 1 aromatic heterocycles. The topological polar surface area (TPSA) is 72.3 Å². The number of aromatic nitrogens is 2. The Bertz CT molecular complexity index is 639. The number of aryl methyl sites for hydroxylation is 2. The maximum absolute atomic E-state index is 11.2. The van der Waals surface area contributed by atoms with Gasteiger partial charge in [-0.25, -0.2) is 9.78 Å². The summed E-state index contributed by atoms with van der Waals surface area (Å²) in [6, 6.07) is 3.73. The van der Waals surface area contributed by atoms with E-state index in [1.165, 1.54) is 12.4 Å². The van der Waals surface area contributed by atoms with E-state index in [1.54, 1.807) is 7.11 Å². The highest BCUT2D eigenvalue weighted by atomic mass is 16.5. The quantitative estimate of drug-likeness (QED) is 0.915. The van der Waals surface area contributed by atoms with Crippen molar-refractivity contribution in [1.82, 2.24) is 9.97 Å². The molecule has 0 saturated heterocycles. The second-order valence-electron chi connectivity index (χ2n) is 4.20. The Morgan fingerprint density at radius 3 is 2.47 bits per heavy atom. The SMILES string of the molecule is COc1cc(C)c(-c2nccnc2C(=O)O)cc1C. The molecule has 0 fully saturated rings. The fraction of sp³-hybridized carbons (Fsp3) is 0.214. The summed E-state index contributed by atoms with van der Waals surface area (Å²) in [7, 11) is 1.60. The molecule has 0 amide bonds. The van der Waals surface area contributed by atoms with Crippen molar-refractivity contribution >= 4 is 5.97 Å². The van der Waals surface area contributed by atoms with Crippen molar-refractivity contribution in [3.05, 3.63) is 41.3 Å². The zero-order chi connectivity index (χ0) is 14.0. The number of aromatic carboxylic acids is 1. The molecule has 0 radical (unpaired) electrons. The van der Waals surface area contributed by atoms with Gasteiger partial charge in [0.05, 0.1) is 7.11 Å². The van der Waals surface area contributed by atoms with E-state index in [4.69, 9.17) is 9.84 Å². The van der Waals surface area contributed by atoms with Crippen LogP contribution in [0.1, 0.15) is 21.6 Å². The van der Waals surface area contributed by atoms with Crippen LogP contribution < -0.4 is 4.74 Å². The van der Waals surface area contributed by atoms with Crippen LogP contribution in [0.5, 0.6) is 5.75 Å². The van der Waals surface area contributed by atoms with Crippen LogP contribution in [0.25, 0.3) is 11.3 Å². The summed E-state index contributed by atoms with van der Waals surface area (Å²) >= 11 is 0. The molecule has 1 N–H and O–H groups in total. The summed E-state index contributed by atoms with van der Waals surface area (Å²) in [4.78, 5) is 19.2. The number of hydrogen-bond acceptors (Lipinski definition) is 4. The van der Waals surface area contributed by atoms with Crippen LogP contribution in [0, 0.1) is 13.8 Å². The number of rotatable bonds is 3. The minimum absolute atomic E-state index is 0.0461. The maximum atomic E-state index is 11.2. The van der Waals surface area contributed by atoms with Gasteiger partial charge >= 0.3 is 5.97 Å². The highest BCUT2D eigenvalue weighted by molar-refractivity contribution is 5.93. The van der Waals surface area contributed by atoms with Crippen molar-refractivity contribution in [2.45, 2.75) is 13.8 Å². The van der Waals surface area contributed by atoms with Crippen LogP contribution in [0.15, 0.2) is 24.5 Å². The largest absolute Gasteiger partial charge is 0.496 e. The average Bonchev–Trinajstić information content (AvgIpc) is 2.40. The van der Waals surface area contributed by atoms with E-state index in [1.807, 2.05) is 26.0 Å². The molecule has 0 aliphatic heterocycles. The highest BCUT2D eigenvalue weighted by Gasteiger charge is 2.17. The molecule has 1 aromatic carbocycles. The molecule has 0 atom stereocenters. The minimum atomic E-state index is -1.09. The third kappa shape index (κ3) is 2.40. The van der Waals surface area contributed by atoms with E-state index in [2.05, 4.69) is 9.97 Å². The van der Waals surface area contributed by atoms with Crippen molar-refractivity contribution in [2.24, 2.45) is 0 Å². The van der Waals surface area contributed by atoms with Gasteiger partial charge < -0.3 is 9.84 Å². The van der Waals surface area contributed by atoms with Gasteiger partial charge in [0.25, 0.3) is 0 Å². The predicted molar refractivity (Wildman–Crippen MR) is 70.5 cm³/mol. The van der Waals surface area contributed by atoms with E-state index in [0.29, 0.717) is 5.69 Å². The number of methoxy groups -OCH3 is 1. The maximum Gasteiger partial charge on any atom is 0.356 e. The number of carboxylic acids is 1. The molecule has 0 aliphatic carbocycles. The second-order valence-corrected chi connectivity index (χ2v) is 4.20. The molecular formula is C14H14N2O3. The van der Waals surface area contributed by atoms with Crippen LogP contribution >= 0.6 is 0 Å². The van der Waals surface area contributed by atoms with E-state index < -0.39 is 5.97 Å². The van der Waals surface area contributed by atoms with Gasteiger partial charge in [0.15, 0.2) is 5.69 Å². The lowest BCUT2D eigenvalue weighted by molar-refractivity contribution is 0.0691. The predicted octanol–water partition coefficient (Wildman–Crippen LogP) is 2.47. The van der Waals surface area contributed by atoms with Crippen molar-refractivity contribution in [1.29, 1.82) is 0 Å². The summed E-state index contributed by atoms with van der Waals surface area (Å²) in [5.74, 6) is -0.321. The third-order valence-corrected chi connectivity index (χ3v) is 2.90. The Labute approximate surface area is 110 Å². The van der Waals surface area contributed by atoms with Gasteiger partial charge in [-0.3, -0.25) is 4.98 Å². The third-order valence-electron chi connectivity index (χ3n) is 2.90. The van der Waals surface area contributed by atoms with E-state index in [0.717, 1.165) is 22.4 Å². The van der Waals surface area contributed by atoms with Crippen LogP contribution in [-0.4, -0.2) is 28.2 Å². The number of nitrogens with zero attached hydrogens (tertiary/aromatic N) is 2. The Balaban J connectivity index is 2.66. The molecule has 5 heteroatoms. The first-order chi connectivity index (χ1) is 9.04. The molecule has 5 nitrogen and oxygen atoms in total. The van der Waals surface area contributed by atoms with Gasteiger partial charge in [-0.2, -0.15) is 0 Å². The Morgan fingerprint density at radius 2 is 1.84 bits per heavy atom. The Morgan fingerprint density at radius 1 is 1.16 bits per heavy atom. The molecule has 0 aliphatic rings. The number of ether oxygens (including phenoxy) is 1. The first kappa shape index (κ1) is 13.0. The molecule has 1 heterocycles. The van der Waals surface area contributed by atoms with Crippen LogP contribution in [0.3, 0.4) is 0 Å². The lowest BCUT2D eigenvalue weighted by atomic mass is 10.0. The zero-order valence-corrected chi connectivity index (χ0v) is 11.0. The number of carboxylic acid groups (broad SMARTS) is 1. The summed E-state index contributed by atoms with van der Waals surface area (Å²) in [5, 5.41) is 9.16. The number of carbonyl (C=O) groups is 1. The molecule has 19 heavy (non-hydrogen) atoms. The second kappa shape index (κ2) is 5.06. The van der Waals surface area contributed by atoms with Gasteiger partial charge in [0.1, 0.15) is 11.4 Å². The fourth-order valence-corrected chi connectivity index (χ4v) is 1.96. The van der Waals surface area contributed by atoms with Crippen molar-refractivity contribution in [2.75, 3.05) is 7.11 Å². The zero-order valence-electron chi connectivity index (χ0n) is 11.0. The first-order valence-corrected chi connectivity index (χ1v) is 5.74. The lowest BCUT2D eigenvalue weighted by Crippen LogP contribution is -2.05. The number of benzene rings is 1. The fourth-order valence-electron chi connectivity index (χ4n) is 1.96.